The monoisotopic (exact) mass is 334 g/mol. The number of likely N-dealkylation sites (tertiary alicyclic amines) is 1. The number of carbonyl (C=O) groups is 1. The molecule has 1 aliphatic carbocycles. The Bertz CT molecular complexity index is 743. The molecule has 1 amide bonds. The van der Waals surface area contributed by atoms with Gasteiger partial charge in [0.05, 0.1) is 0 Å². The van der Waals surface area contributed by atoms with Crippen LogP contribution < -0.4 is 5.73 Å². The molecule has 1 heterocycles. The molecular weight excluding hydrogens is 308 g/mol. The highest BCUT2D eigenvalue weighted by Gasteiger charge is 2.44. The van der Waals surface area contributed by atoms with Gasteiger partial charge in [-0.25, -0.2) is 0 Å². The van der Waals surface area contributed by atoms with Gasteiger partial charge in [-0.15, -0.1) is 0 Å². The maximum atomic E-state index is 13.4. The van der Waals surface area contributed by atoms with Crippen molar-refractivity contribution in [3.63, 3.8) is 0 Å². The zero-order valence-corrected chi connectivity index (χ0v) is 14.6. The van der Waals surface area contributed by atoms with Crippen LogP contribution in [0.1, 0.15) is 36.0 Å². The minimum absolute atomic E-state index is 0.143. The Morgan fingerprint density at radius 2 is 1.72 bits per heavy atom. The summed E-state index contributed by atoms with van der Waals surface area (Å²) < 4.78 is 0. The third-order valence-electron chi connectivity index (χ3n) is 6.04. The van der Waals surface area contributed by atoms with Crippen molar-refractivity contribution < 1.29 is 4.79 Å². The maximum Gasteiger partial charge on any atom is 0.254 e. The Morgan fingerprint density at radius 3 is 2.52 bits per heavy atom. The Labute approximate surface area is 149 Å². The summed E-state index contributed by atoms with van der Waals surface area (Å²) in [7, 11) is 0. The van der Waals surface area contributed by atoms with Crippen LogP contribution in [-0.2, 0) is 0 Å². The quantitative estimate of drug-likeness (QED) is 0.924. The fourth-order valence-electron chi connectivity index (χ4n) is 4.82. The van der Waals surface area contributed by atoms with E-state index in [9.17, 15) is 4.79 Å². The van der Waals surface area contributed by atoms with Gasteiger partial charge in [-0.3, -0.25) is 4.79 Å². The number of nitrogens with zero attached hydrogens (tertiary/aromatic N) is 1. The molecule has 3 nitrogen and oxygen atoms in total. The molecule has 3 unspecified atom stereocenters. The second kappa shape index (κ2) is 7.01. The third kappa shape index (κ3) is 2.98. The Balaban J connectivity index is 1.67. The van der Waals surface area contributed by atoms with Crippen LogP contribution in [0.3, 0.4) is 0 Å². The van der Waals surface area contributed by atoms with E-state index in [-0.39, 0.29) is 11.9 Å². The zero-order chi connectivity index (χ0) is 17.2. The van der Waals surface area contributed by atoms with Crippen LogP contribution in [0.2, 0.25) is 0 Å². The Hall–Kier alpha value is -2.13. The smallest absolute Gasteiger partial charge is 0.254 e. The van der Waals surface area contributed by atoms with Crippen molar-refractivity contribution in [2.24, 2.45) is 17.6 Å². The zero-order valence-electron chi connectivity index (χ0n) is 14.6. The lowest BCUT2D eigenvalue weighted by Gasteiger charge is -2.29. The van der Waals surface area contributed by atoms with E-state index in [2.05, 4.69) is 17.0 Å². The minimum atomic E-state index is 0.143. The molecule has 0 bridgehead atoms. The van der Waals surface area contributed by atoms with Gasteiger partial charge in [-0.1, -0.05) is 61.4 Å². The van der Waals surface area contributed by atoms with E-state index < -0.39 is 0 Å². The third-order valence-corrected chi connectivity index (χ3v) is 6.04. The highest BCUT2D eigenvalue weighted by atomic mass is 16.2. The van der Waals surface area contributed by atoms with Gasteiger partial charge in [0.1, 0.15) is 0 Å². The summed E-state index contributed by atoms with van der Waals surface area (Å²) in [4.78, 5) is 15.5. The summed E-state index contributed by atoms with van der Waals surface area (Å²) in [5, 5.41) is 0. The summed E-state index contributed by atoms with van der Waals surface area (Å²) in [6.45, 7) is 1.44. The average Bonchev–Trinajstić information content (AvgIpc) is 3.06. The largest absolute Gasteiger partial charge is 0.334 e. The minimum Gasteiger partial charge on any atom is -0.334 e. The molecule has 25 heavy (non-hydrogen) atoms. The summed E-state index contributed by atoms with van der Waals surface area (Å²) in [5.74, 6) is 1.37. The molecule has 0 radical (unpaired) electrons. The maximum absolute atomic E-state index is 13.4. The fourth-order valence-corrected chi connectivity index (χ4v) is 4.82. The average molecular weight is 334 g/mol. The van der Waals surface area contributed by atoms with Gasteiger partial charge in [0.2, 0.25) is 0 Å². The molecule has 3 atom stereocenters. The normalized spacial score (nSPS) is 25.6. The molecule has 2 N–H and O–H groups in total. The molecule has 2 aromatic carbocycles. The van der Waals surface area contributed by atoms with E-state index in [1.165, 1.54) is 25.7 Å². The van der Waals surface area contributed by atoms with Gasteiger partial charge in [0.15, 0.2) is 0 Å². The number of hydrogen-bond acceptors (Lipinski definition) is 2. The fraction of sp³-hybridized carbons (Fsp3) is 0.409. The topological polar surface area (TPSA) is 46.3 Å². The first-order valence-corrected chi connectivity index (χ1v) is 9.45. The molecule has 130 valence electrons. The number of amides is 1. The standard InChI is InChI=1S/C22H26N2O/c23-14-21-19-12-5-4-10-17(19)15-24(21)22(25)20-13-7-6-11-18(20)16-8-2-1-3-9-16/h1-3,6-9,11,13,17,19,21H,4-5,10,12,14-15,23H2. The summed E-state index contributed by atoms with van der Waals surface area (Å²) >= 11 is 0. The van der Waals surface area contributed by atoms with E-state index in [0.717, 1.165) is 23.2 Å². The SMILES string of the molecule is NCC1C2CCCCC2CN1C(=O)c1ccccc1-c1ccccc1. The van der Waals surface area contributed by atoms with Crippen LogP contribution in [0.25, 0.3) is 11.1 Å². The van der Waals surface area contributed by atoms with Gasteiger partial charge in [-0.05, 0) is 41.9 Å². The molecule has 1 aliphatic heterocycles. The first-order valence-electron chi connectivity index (χ1n) is 9.45. The second-order valence-electron chi connectivity index (χ2n) is 7.38. The predicted molar refractivity (Wildman–Crippen MR) is 101 cm³/mol. The summed E-state index contributed by atoms with van der Waals surface area (Å²) in [5.41, 5.74) is 9.00. The van der Waals surface area contributed by atoms with Gasteiger partial charge in [0.25, 0.3) is 5.91 Å². The highest BCUT2D eigenvalue weighted by Crippen LogP contribution is 2.41. The van der Waals surface area contributed by atoms with Crippen LogP contribution in [-0.4, -0.2) is 29.9 Å². The van der Waals surface area contributed by atoms with Crippen molar-refractivity contribution >= 4 is 5.91 Å². The molecule has 0 aromatic heterocycles. The molecular formula is C22H26N2O. The second-order valence-corrected chi connectivity index (χ2v) is 7.38. The van der Waals surface area contributed by atoms with Crippen molar-refractivity contribution in [3.8, 4) is 11.1 Å². The van der Waals surface area contributed by atoms with Crippen LogP contribution in [0, 0.1) is 11.8 Å². The Kier molecular flexibility index (Phi) is 4.58. The van der Waals surface area contributed by atoms with Crippen LogP contribution in [0.5, 0.6) is 0 Å². The lowest BCUT2D eigenvalue weighted by Crippen LogP contribution is -2.43. The molecule has 1 saturated heterocycles. The number of hydrogen-bond donors (Lipinski definition) is 1. The van der Waals surface area contributed by atoms with E-state index >= 15 is 0 Å². The van der Waals surface area contributed by atoms with Crippen molar-refractivity contribution in [1.82, 2.24) is 4.90 Å². The lowest BCUT2D eigenvalue weighted by molar-refractivity contribution is 0.0723. The van der Waals surface area contributed by atoms with Crippen LogP contribution >= 0.6 is 0 Å². The van der Waals surface area contributed by atoms with Crippen molar-refractivity contribution in [2.75, 3.05) is 13.1 Å². The first-order chi connectivity index (χ1) is 12.3. The number of carbonyl (C=O) groups excluding carboxylic acids is 1. The van der Waals surface area contributed by atoms with Crippen LogP contribution in [0.15, 0.2) is 54.6 Å². The van der Waals surface area contributed by atoms with Gasteiger partial charge in [0, 0.05) is 24.7 Å². The molecule has 3 heteroatoms. The number of rotatable bonds is 3. The summed E-state index contributed by atoms with van der Waals surface area (Å²) in [6.07, 6.45) is 5.03. The number of nitrogens with two attached hydrogens (primary N) is 1. The van der Waals surface area contributed by atoms with E-state index in [0.29, 0.717) is 18.4 Å². The molecule has 0 spiro atoms. The van der Waals surface area contributed by atoms with Gasteiger partial charge < -0.3 is 10.6 Å². The summed E-state index contributed by atoms with van der Waals surface area (Å²) in [6, 6.07) is 18.3. The molecule has 2 aliphatic rings. The van der Waals surface area contributed by atoms with Gasteiger partial charge in [-0.2, -0.15) is 0 Å². The van der Waals surface area contributed by atoms with E-state index in [4.69, 9.17) is 5.73 Å². The van der Waals surface area contributed by atoms with Gasteiger partial charge >= 0.3 is 0 Å². The molecule has 2 aromatic rings. The lowest BCUT2D eigenvalue weighted by atomic mass is 9.78. The molecule has 2 fully saturated rings. The van der Waals surface area contributed by atoms with E-state index in [1.54, 1.807) is 0 Å². The molecule has 1 saturated carbocycles. The van der Waals surface area contributed by atoms with Crippen molar-refractivity contribution in [1.29, 1.82) is 0 Å². The van der Waals surface area contributed by atoms with Crippen LogP contribution in [0.4, 0.5) is 0 Å². The van der Waals surface area contributed by atoms with Crippen molar-refractivity contribution in [3.05, 3.63) is 60.2 Å². The number of fused-ring (bicyclic) bond motifs is 1. The predicted octanol–water partition coefficient (Wildman–Crippen LogP) is 3.94. The first kappa shape index (κ1) is 16.3. The number of benzene rings is 2. The van der Waals surface area contributed by atoms with Crippen molar-refractivity contribution in [2.45, 2.75) is 31.7 Å². The Morgan fingerprint density at radius 1 is 1.00 bits per heavy atom. The van der Waals surface area contributed by atoms with E-state index in [1.807, 2.05) is 42.5 Å². The molecule has 4 rings (SSSR count). The highest BCUT2D eigenvalue weighted by molar-refractivity contribution is 6.01.